The smallest absolute Gasteiger partial charge is 0.270 e. The van der Waals surface area contributed by atoms with Crippen LogP contribution in [0, 0.1) is 21.4 Å². The number of non-ortho nitro benzene ring substituents is 1. The normalized spacial score (nSPS) is 10.8. The van der Waals surface area contributed by atoms with Crippen molar-refractivity contribution in [2.45, 2.75) is 4.90 Å². The number of benzene rings is 3. The number of sulfonamides is 1. The lowest BCUT2D eigenvalue weighted by Crippen LogP contribution is -2.38. The second kappa shape index (κ2) is 9.87. The van der Waals surface area contributed by atoms with Gasteiger partial charge in [0.15, 0.2) is 0 Å². The molecule has 9 nitrogen and oxygen atoms in total. The van der Waals surface area contributed by atoms with Crippen LogP contribution in [0.2, 0.25) is 10.0 Å². The van der Waals surface area contributed by atoms with E-state index in [9.17, 15) is 23.3 Å². The Kier molecular flexibility index (Phi) is 7.18. The van der Waals surface area contributed by atoms with Crippen LogP contribution in [0.25, 0.3) is 0 Å². The molecule has 0 radical (unpaired) electrons. The van der Waals surface area contributed by atoms with Crippen molar-refractivity contribution in [2.75, 3.05) is 16.2 Å². The number of nitriles is 1. The standard InChI is InChI=1S/C21H14Cl2N4O5S/c22-15-3-7-17(8-4-15)26(13-21(28)25-16-5-1-14(12-24)2-6-16)33(31,32)20-11-18(27(29)30)9-10-19(20)23/h1-11H,13H2,(H,25,28). The van der Waals surface area contributed by atoms with Gasteiger partial charge in [-0.05, 0) is 54.6 Å². The zero-order valence-electron chi connectivity index (χ0n) is 16.6. The van der Waals surface area contributed by atoms with Gasteiger partial charge in [-0.15, -0.1) is 0 Å². The van der Waals surface area contributed by atoms with Crippen molar-refractivity contribution in [1.82, 2.24) is 0 Å². The Balaban J connectivity index is 2.00. The number of hydrogen-bond acceptors (Lipinski definition) is 6. The van der Waals surface area contributed by atoms with Crippen molar-refractivity contribution in [3.05, 3.63) is 92.5 Å². The molecule has 0 aliphatic heterocycles. The van der Waals surface area contributed by atoms with Crippen molar-refractivity contribution >= 4 is 56.2 Å². The number of anilines is 2. The number of halogens is 2. The van der Waals surface area contributed by atoms with E-state index in [4.69, 9.17) is 28.5 Å². The molecule has 0 aromatic heterocycles. The van der Waals surface area contributed by atoms with E-state index in [1.54, 1.807) is 0 Å². The molecule has 33 heavy (non-hydrogen) atoms. The van der Waals surface area contributed by atoms with E-state index >= 15 is 0 Å². The third-order valence-corrected chi connectivity index (χ3v) is 6.90. The Morgan fingerprint density at radius 1 is 1.06 bits per heavy atom. The Hall–Kier alpha value is -3.65. The first kappa shape index (κ1) is 24.0. The molecule has 0 aliphatic carbocycles. The average Bonchev–Trinajstić information content (AvgIpc) is 2.78. The highest BCUT2D eigenvalue weighted by Gasteiger charge is 2.31. The van der Waals surface area contributed by atoms with Gasteiger partial charge in [0, 0.05) is 22.8 Å². The second-order valence-corrected chi connectivity index (χ2v) is 9.27. The van der Waals surface area contributed by atoms with Crippen molar-refractivity contribution in [2.24, 2.45) is 0 Å². The molecule has 3 rings (SSSR count). The molecule has 0 saturated heterocycles. The maximum atomic E-state index is 13.5. The minimum Gasteiger partial charge on any atom is -0.325 e. The van der Waals surface area contributed by atoms with Gasteiger partial charge in [-0.3, -0.25) is 19.2 Å². The van der Waals surface area contributed by atoms with Gasteiger partial charge in [0.05, 0.1) is 27.3 Å². The lowest BCUT2D eigenvalue weighted by Gasteiger charge is -2.24. The van der Waals surface area contributed by atoms with Crippen LogP contribution in [0.3, 0.4) is 0 Å². The van der Waals surface area contributed by atoms with Gasteiger partial charge >= 0.3 is 0 Å². The van der Waals surface area contributed by atoms with Gasteiger partial charge in [-0.25, -0.2) is 8.42 Å². The predicted molar refractivity (Wildman–Crippen MR) is 124 cm³/mol. The zero-order valence-corrected chi connectivity index (χ0v) is 18.9. The highest BCUT2D eigenvalue weighted by atomic mass is 35.5. The van der Waals surface area contributed by atoms with Gasteiger partial charge in [0.2, 0.25) is 5.91 Å². The number of amides is 1. The Labute approximate surface area is 199 Å². The molecule has 3 aromatic rings. The first-order chi connectivity index (χ1) is 15.6. The summed E-state index contributed by atoms with van der Waals surface area (Å²) in [4.78, 5) is 22.6. The van der Waals surface area contributed by atoms with E-state index in [1.165, 1.54) is 48.5 Å². The van der Waals surface area contributed by atoms with Crippen LogP contribution in [-0.2, 0) is 14.8 Å². The number of carbonyl (C=O) groups excluding carboxylic acids is 1. The SMILES string of the molecule is N#Cc1ccc(NC(=O)CN(c2ccc(Cl)cc2)S(=O)(=O)c2cc([N+](=O)[O-])ccc2Cl)cc1. The maximum Gasteiger partial charge on any atom is 0.270 e. The van der Waals surface area contributed by atoms with Crippen LogP contribution in [0.4, 0.5) is 17.1 Å². The van der Waals surface area contributed by atoms with Gasteiger partial charge in [-0.2, -0.15) is 5.26 Å². The Morgan fingerprint density at radius 3 is 2.27 bits per heavy atom. The Bertz CT molecular complexity index is 1350. The fraction of sp³-hybridized carbons (Fsp3) is 0.0476. The minimum absolute atomic E-state index is 0.0944. The molecule has 0 saturated carbocycles. The van der Waals surface area contributed by atoms with Crippen molar-refractivity contribution < 1.29 is 18.1 Å². The van der Waals surface area contributed by atoms with Gasteiger partial charge in [-0.1, -0.05) is 23.2 Å². The molecule has 168 valence electrons. The summed E-state index contributed by atoms with van der Waals surface area (Å²) in [6.07, 6.45) is 0. The zero-order chi connectivity index (χ0) is 24.2. The number of nitro groups is 1. The van der Waals surface area contributed by atoms with Crippen molar-refractivity contribution in [1.29, 1.82) is 5.26 Å². The van der Waals surface area contributed by atoms with Gasteiger partial charge in [0.25, 0.3) is 15.7 Å². The summed E-state index contributed by atoms with van der Waals surface area (Å²) in [5.74, 6) is -0.695. The third kappa shape index (κ3) is 5.59. The molecule has 0 unspecified atom stereocenters. The summed E-state index contributed by atoms with van der Waals surface area (Å²) in [7, 11) is -4.50. The molecule has 12 heteroatoms. The number of nitrogens with one attached hydrogen (secondary N) is 1. The highest BCUT2D eigenvalue weighted by molar-refractivity contribution is 7.93. The van der Waals surface area contributed by atoms with E-state index in [0.717, 1.165) is 22.5 Å². The van der Waals surface area contributed by atoms with Gasteiger partial charge in [0.1, 0.15) is 11.4 Å². The van der Waals surface area contributed by atoms with E-state index in [1.807, 2.05) is 6.07 Å². The molecule has 1 amide bonds. The predicted octanol–water partition coefficient (Wildman–Crippen LogP) is 4.61. The third-order valence-electron chi connectivity index (χ3n) is 4.39. The lowest BCUT2D eigenvalue weighted by atomic mass is 10.2. The number of carbonyl (C=O) groups is 1. The van der Waals surface area contributed by atoms with Crippen LogP contribution < -0.4 is 9.62 Å². The van der Waals surface area contributed by atoms with Crippen molar-refractivity contribution in [3.8, 4) is 6.07 Å². The molecule has 0 bridgehead atoms. The molecular formula is C21H14Cl2N4O5S. The molecule has 0 atom stereocenters. The largest absolute Gasteiger partial charge is 0.325 e. The number of nitrogens with zero attached hydrogens (tertiary/aromatic N) is 3. The second-order valence-electron chi connectivity index (χ2n) is 6.60. The first-order valence-electron chi connectivity index (χ1n) is 9.14. The van der Waals surface area contributed by atoms with Crippen LogP contribution in [0.5, 0.6) is 0 Å². The van der Waals surface area contributed by atoms with E-state index in [2.05, 4.69) is 5.32 Å². The van der Waals surface area contributed by atoms with E-state index in [0.29, 0.717) is 16.3 Å². The first-order valence-corrected chi connectivity index (χ1v) is 11.3. The molecular weight excluding hydrogens is 491 g/mol. The maximum absolute atomic E-state index is 13.5. The summed E-state index contributed by atoms with van der Waals surface area (Å²) < 4.78 is 27.7. The summed E-state index contributed by atoms with van der Waals surface area (Å²) in [6, 6.07) is 16.6. The fourth-order valence-electron chi connectivity index (χ4n) is 2.80. The molecule has 3 aromatic carbocycles. The summed E-state index contributed by atoms with van der Waals surface area (Å²) >= 11 is 12.0. The quantitative estimate of drug-likeness (QED) is 0.368. The monoisotopic (exact) mass is 504 g/mol. The summed E-state index contributed by atoms with van der Waals surface area (Å²) in [6.45, 7) is -0.664. The number of hydrogen-bond donors (Lipinski definition) is 1. The van der Waals surface area contributed by atoms with E-state index in [-0.39, 0.29) is 10.7 Å². The summed E-state index contributed by atoms with van der Waals surface area (Å²) in [5, 5.41) is 22.7. The minimum atomic E-state index is -4.50. The van der Waals surface area contributed by atoms with E-state index < -0.39 is 38.0 Å². The van der Waals surface area contributed by atoms with Gasteiger partial charge < -0.3 is 5.32 Å². The topological polar surface area (TPSA) is 133 Å². The number of rotatable bonds is 7. The summed E-state index contributed by atoms with van der Waals surface area (Å²) in [5.41, 5.74) is 0.354. The van der Waals surface area contributed by atoms with Crippen molar-refractivity contribution in [3.63, 3.8) is 0 Å². The lowest BCUT2D eigenvalue weighted by molar-refractivity contribution is -0.385. The Morgan fingerprint density at radius 2 is 1.70 bits per heavy atom. The molecule has 0 fully saturated rings. The van der Waals surface area contributed by atoms with Crippen LogP contribution in [0.1, 0.15) is 5.56 Å². The average molecular weight is 505 g/mol. The van der Waals surface area contributed by atoms with Crippen LogP contribution >= 0.6 is 23.2 Å². The highest BCUT2D eigenvalue weighted by Crippen LogP contribution is 2.32. The molecule has 0 spiro atoms. The van der Waals surface area contributed by atoms with Crippen LogP contribution in [-0.4, -0.2) is 25.8 Å². The fourth-order valence-corrected chi connectivity index (χ4v) is 4.85. The number of nitro benzene ring substituents is 1. The van der Waals surface area contributed by atoms with Crippen LogP contribution in [0.15, 0.2) is 71.6 Å². The molecule has 0 aliphatic rings. The molecule has 1 N–H and O–H groups in total. The molecule has 0 heterocycles.